The van der Waals surface area contributed by atoms with E-state index in [1.807, 2.05) is 56.4 Å². The van der Waals surface area contributed by atoms with Crippen LogP contribution in [0.3, 0.4) is 0 Å². The van der Waals surface area contributed by atoms with Gasteiger partial charge in [0.05, 0.1) is 0 Å². The molecule has 0 spiro atoms. The van der Waals surface area contributed by atoms with Crippen LogP contribution in [0.2, 0.25) is 0 Å². The number of benzene rings is 6. The molecule has 0 heterocycles. The van der Waals surface area contributed by atoms with Crippen LogP contribution in [-0.4, -0.2) is 5.71 Å². The highest BCUT2D eigenvalue weighted by Crippen LogP contribution is 2.32. The molecule has 1 heteroatoms. The fourth-order valence-corrected chi connectivity index (χ4v) is 6.09. The van der Waals surface area contributed by atoms with Gasteiger partial charge < -0.3 is 0 Å². The Morgan fingerprint density at radius 1 is 0.510 bits per heavy atom. The van der Waals surface area contributed by atoms with E-state index in [0.29, 0.717) is 0 Å². The topological polar surface area (TPSA) is 12.4 Å². The van der Waals surface area contributed by atoms with E-state index in [1.54, 1.807) is 0 Å². The number of aliphatic imine (C=N–C) groups is 1. The molecular weight excluding hydrogens is 591 g/mol. The summed E-state index contributed by atoms with van der Waals surface area (Å²) in [6.07, 6.45) is 8.11. The number of nitrogens with zero attached hydrogens (tertiary/aromatic N) is 1. The molecule has 0 radical (unpaired) electrons. The molecule has 6 rings (SSSR count). The van der Waals surface area contributed by atoms with Gasteiger partial charge in [-0.2, -0.15) is 0 Å². The molecule has 0 aromatic heterocycles. The first kappa shape index (κ1) is 32.9. The van der Waals surface area contributed by atoms with Crippen LogP contribution in [0.15, 0.2) is 181 Å². The lowest BCUT2D eigenvalue weighted by molar-refractivity contribution is 1.38. The molecule has 0 aliphatic rings. The summed E-state index contributed by atoms with van der Waals surface area (Å²) >= 11 is 0. The number of hydrogen-bond acceptors (Lipinski definition) is 1. The number of rotatable bonds is 9. The smallest absolute Gasteiger partial charge is 0.0454 e. The second-order valence-corrected chi connectivity index (χ2v) is 12.3. The molecule has 0 unspecified atom stereocenters. The van der Waals surface area contributed by atoms with Crippen molar-refractivity contribution in [2.75, 3.05) is 0 Å². The van der Waals surface area contributed by atoms with E-state index in [1.165, 1.54) is 38.9 Å². The lowest BCUT2D eigenvalue weighted by atomic mass is 9.94. The average molecular weight is 632 g/mol. The van der Waals surface area contributed by atoms with Crippen LogP contribution in [-0.2, 0) is 0 Å². The summed E-state index contributed by atoms with van der Waals surface area (Å²) in [5.74, 6) is 0. The minimum atomic E-state index is 0.966. The Labute approximate surface area is 291 Å². The minimum absolute atomic E-state index is 0.966. The van der Waals surface area contributed by atoms with E-state index < -0.39 is 0 Å². The summed E-state index contributed by atoms with van der Waals surface area (Å²) in [6, 6.07) is 51.7. The van der Waals surface area contributed by atoms with Crippen LogP contribution in [0.1, 0.15) is 31.9 Å². The average Bonchev–Trinajstić information content (AvgIpc) is 3.15. The van der Waals surface area contributed by atoms with Crippen molar-refractivity contribution in [1.82, 2.24) is 0 Å². The van der Waals surface area contributed by atoms with E-state index in [9.17, 15) is 0 Å². The van der Waals surface area contributed by atoms with E-state index in [0.717, 1.165) is 44.1 Å². The minimum Gasteiger partial charge on any atom is -0.257 e. The molecule has 238 valence electrons. The van der Waals surface area contributed by atoms with Crippen LogP contribution in [0, 0.1) is 0 Å². The molecule has 0 amide bonds. The Bertz CT molecular complexity index is 2350. The van der Waals surface area contributed by atoms with Crippen molar-refractivity contribution in [2.45, 2.75) is 20.8 Å². The van der Waals surface area contributed by atoms with E-state index in [4.69, 9.17) is 4.99 Å². The maximum absolute atomic E-state index is 4.95. The molecule has 1 nitrogen and oxygen atoms in total. The summed E-state index contributed by atoms with van der Waals surface area (Å²) in [5.41, 5.74) is 14.6. The Hall–Kier alpha value is -6.05. The maximum atomic E-state index is 4.95. The van der Waals surface area contributed by atoms with Crippen LogP contribution >= 0.6 is 0 Å². The second kappa shape index (κ2) is 15.2. The van der Waals surface area contributed by atoms with Crippen molar-refractivity contribution in [3.8, 4) is 44.5 Å². The molecule has 0 aliphatic heterocycles. The van der Waals surface area contributed by atoms with Gasteiger partial charge in [-0.15, -0.1) is 0 Å². The Morgan fingerprint density at radius 2 is 0.939 bits per heavy atom. The van der Waals surface area contributed by atoms with Gasteiger partial charge in [0.15, 0.2) is 0 Å². The van der Waals surface area contributed by atoms with Crippen LogP contribution in [0.5, 0.6) is 0 Å². The highest BCUT2D eigenvalue weighted by Gasteiger charge is 2.08. The predicted molar refractivity (Wildman–Crippen MR) is 214 cm³/mol. The number of allylic oxidation sites excluding steroid dienone is 5. The zero-order chi connectivity index (χ0) is 34.2. The zero-order valence-electron chi connectivity index (χ0n) is 28.5. The van der Waals surface area contributed by atoms with Crippen molar-refractivity contribution in [2.24, 2.45) is 4.99 Å². The van der Waals surface area contributed by atoms with Gasteiger partial charge in [-0.05, 0) is 118 Å². The molecule has 6 aromatic rings. The number of hydrogen-bond donors (Lipinski definition) is 0. The summed E-state index contributed by atoms with van der Waals surface area (Å²) in [4.78, 5) is 4.95. The summed E-state index contributed by atoms with van der Waals surface area (Å²) < 4.78 is 0. The molecule has 0 bridgehead atoms. The molecule has 0 atom stereocenters. The van der Waals surface area contributed by atoms with E-state index in [-0.39, 0.29) is 0 Å². The van der Waals surface area contributed by atoms with Gasteiger partial charge in [0.1, 0.15) is 0 Å². The normalized spacial score (nSPS) is 12.4. The van der Waals surface area contributed by atoms with Crippen molar-refractivity contribution < 1.29 is 0 Å². The van der Waals surface area contributed by atoms with Crippen molar-refractivity contribution in [3.05, 3.63) is 198 Å². The molecule has 0 saturated carbocycles. The van der Waals surface area contributed by atoms with E-state index in [2.05, 4.69) is 147 Å². The SMILES string of the molecule is C=C(/C=C\C=C/C)c1cccc(-c2cccc(-c3cccc(-c4cccc(-c5cccc(C(C)=N/C(C)=c6\ccccc6=C)c5)c4)c3)c2)c1. The molecule has 0 aliphatic carbocycles. The van der Waals surface area contributed by atoms with Crippen molar-refractivity contribution >= 4 is 23.6 Å². The third kappa shape index (κ3) is 7.92. The Morgan fingerprint density at radius 3 is 1.43 bits per heavy atom. The largest absolute Gasteiger partial charge is 0.257 e. The highest BCUT2D eigenvalue weighted by atomic mass is 14.7. The van der Waals surface area contributed by atoms with Gasteiger partial charge in [0.25, 0.3) is 0 Å². The Kier molecular flexibility index (Phi) is 10.2. The lowest BCUT2D eigenvalue weighted by Gasteiger charge is -2.11. The first-order valence-corrected chi connectivity index (χ1v) is 16.7. The van der Waals surface area contributed by atoms with Gasteiger partial charge >= 0.3 is 0 Å². The molecule has 0 fully saturated rings. The molecule has 49 heavy (non-hydrogen) atoms. The summed E-state index contributed by atoms with van der Waals surface area (Å²) in [5, 5.41) is 2.06. The van der Waals surface area contributed by atoms with E-state index >= 15 is 0 Å². The van der Waals surface area contributed by atoms with Gasteiger partial charge in [0.2, 0.25) is 0 Å². The van der Waals surface area contributed by atoms with Crippen LogP contribution in [0.4, 0.5) is 0 Å². The quantitative estimate of drug-likeness (QED) is 0.111. The first-order valence-electron chi connectivity index (χ1n) is 16.7. The second-order valence-electron chi connectivity index (χ2n) is 12.3. The van der Waals surface area contributed by atoms with Gasteiger partial charge in [-0.25, -0.2) is 0 Å². The predicted octanol–water partition coefficient (Wildman–Crippen LogP) is 11.5. The third-order valence-electron chi connectivity index (χ3n) is 8.78. The standard InChI is InChI=1S/C48H41N/c1-6-7-8-16-34(2)38-18-11-20-40(29-38)42-22-13-24-44(31-42)46-26-15-27-47(33-46)45-25-14-23-43(32-45)41-21-12-19-39(30-41)36(4)49-37(5)48-28-10-9-17-35(48)3/h6-33H,2-3H2,1,4-5H3/b7-6-,16-8-,48-37+,49-36?. The fraction of sp³-hybridized carbons (Fsp3) is 0.0625. The highest BCUT2D eigenvalue weighted by molar-refractivity contribution is 6.01. The molecule has 0 N–H and O–H groups in total. The fourth-order valence-electron chi connectivity index (χ4n) is 6.09. The van der Waals surface area contributed by atoms with Crippen LogP contribution in [0.25, 0.3) is 62.4 Å². The van der Waals surface area contributed by atoms with Gasteiger partial charge in [0, 0.05) is 16.6 Å². The van der Waals surface area contributed by atoms with Crippen molar-refractivity contribution in [3.63, 3.8) is 0 Å². The van der Waals surface area contributed by atoms with Crippen molar-refractivity contribution in [1.29, 1.82) is 0 Å². The van der Waals surface area contributed by atoms with Gasteiger partial charge in [-0.1, -0.05) is 153 Å². The third-order valence-corrected chi connectivity index (χ3v) is 8.78. The summed E-state index contributed by atoms with van der Waals surface area (Å²) in [6.45, 7) is 14.6. The zero-order valence-corrected chi connectivity index (χ0v) is 28.5. The molecular formula is C48H41N. The monoisotopic (exact) mass is 631 g/mol. The Balaban J connectivity index is 1.27. The van der Waals surface area contributed by atoms with Gasteiger partial charge in [-0.3, -0.25) is 4.99 Å². The van der Waals surface area contributed by atoms with Crippen LogP contribution < -0.4 is 10.4 Å². The first-order chi connectivity index (χ1) is 23.9. The molecule has 0 saturated heterocycles. The maximum Gasteiger partial charge on any atom is 0.0454 e. The molecule has 6 aromatic carbocycles. The summed E-state index contributed by atoms with van der Waals surface area (Å²) in [7, 11) is 0. The lowest BCUT2D eigenvalue weighted by Crippen LogP contribution is -2.24.